The lowest BCUT2D eigenvalue weighted by Crippen LogP contribution is -2.06. The molecule has 0 aliphatic carbocycles. The maximum atomic E-state index is 5.98. The summed E-state index contributed by atoms with van der Waals surface area (Å²) in [5, 5.41) is 0.767. The van der Waals surface area contributed by atoms with Gasteiger partial charge in [0.05, 0.1) is 6.61 Å². The van der Waals surface area contributed by atoms with E-state index in [2.05, 4.69) is 6.92 Å². The van der Waals surface area contributed by atoms with E-state index in [9.17, 15) is 0 Å². The average Bonchev–Trinajstić information content (AvgIpc) is 2.22. The molecule has 3 heteroatoms. The maximum Gasteiger partial charge on any atom is 0.125 e. The van der Waals surface area contributed by atoms with Gasteiger partial charge in [-0.05, 0) is 55.9 Å². The summed E-state index contributed by atoms with van der Waals surface area (Å²) in [6.07, 6.45) is 2.08. The van der Waals surface area contributed by atoms with Crippen LogP contribution in [0.2, 0.25) is 5.02 Å². The van der Waals surface area contributed by atoms with Crippen LogP contribution in [0.1, 0.15) is 30.9 Å². The standard InChI is InChI=1S/C14H20Cl2O/c1-10(4-6-15)5-7-17-14-11(2)8-13(16)9-12(14)3/h8-10H,4-7H2,1-3H3. The molecule has 1 rings (SSSR count). The molecule has 0 spiro atoms. The first-order valence-corrected chi connectivity index (χ1v) is 6.91. The number of rotatable bonds is 6. The van der Waals surface area contributed by atoms with Crippen molar-refractivity contribution >= 4 is 23.2 Å². The zero-order chi connectivity index (χ0) is 12.8. The van der Waals surface area contributed by atoms with Crippen LogP contribution in [0, 0.1) is 19.8 Å². The van der Waals surface area contributed by atoms with Crippen molar-refractivity contribution in [2.45, 2.75) is 33.6 Å². The lowest BCUT2D eigenvalue weighted by molar-refractivity contribution is 0.279. The largest absolute Gasteiger partial charge is 0.493 e. The average molecular weight is 275 g/mol. The van der Waals surface area contributed by atoms with Crippen molar-refractivity contribution < 1.29 is 4.74 Å². The predicted octanol–water partition coefficient (Wildman–Crippen LogP) is 4.99. The Kier molecular flexibility index (Phi) is 6.15. The fourth-order valence-electron chi connectivity index (χ4n) is 1.82. The topological polar surface area (TPSA) is 9.23 Å². The van der Waals surface area contributed by atoms with E-state index in [-0.39, 0.29) is 0 Å². The molecule has 0 N–H and O–H groups in total. The van der Waals surface area contributed by atoms with Crippen molar-refractivity contribution in [1.29, 1.82) is 0 Å². The van der Waals surface area contributed by atoms with Gasteiger partial charge in [0.25, 0.3) is 0 Å². The van der Waals surface area contributed by atoms with Crippen LogP contribution in [-0.2, 0) is 0 Å². The van der Waals surface area contributed by atoms with Crippen molar-refractivity contribution in [3.63, 3.8) is 0 Å². The van der Waals surface area contributed by atoms with Gasteiger partial charge in [-0.15, -0.1) is 11.6 Å². The summed E-state index contributed by atoms with van der Waals surface area (Å²) in [4.78, 5) is 0. The first-order chi connectivity index (χ1) is 8.04. The van der Waals surface area contributed by atoms with Crippen molar-refractivity contribution in [2.24, 2.45) is 5.92 Å². The molecule has 1 atom stereocenters. The Balaban J connectivity index is 2.52. The van der Waals surface area contributed by atoms with E-state index in [1.165, 1.54) is 0 Å². The summed E-state index contributed by atoms with van der Waals surface area (Å²) in [6.45, 7) is 6.99. The highest BCUT2D eigenvalue weighted by molar-refractivity contribution is 6.30. The second-order valence-corrected chi connectivity index (χ2v) is 5.40. The smallest absolute Gasteiger partial charge is 0.125 e. The van der Waals surface area contributed by atoms with E-state index in [0.29, 0.717) is 5.92 Å². The van der Waals surface area contributed by atoms with Gasteiger partial charge >= 0.3 is 0 Å². The minimum absolute atomic E-state index is 0.611. The van der Waals surface area contributed by atoms with Gasteiger partial charge in [0.2, 0.25) is 0 Å². The highest BCUT2D eigenvalue weighted by atomic mass is 35.5. The number of hydrogen-bond acceptors (Lipinski definition) is 1. The van der Waals surface area contributed by atoms with Crippen LogP contribution in [0.25, 0.3) is 0 Å². The second kappa shape index (κ2) is 7.13. The minimum atomic E-state index is 0.611. The molecule has 0 amide bonds. The third-order valence-corrected chi connectivity index (χ3v) is 3.32. The molecule has 0 saturated heterocycles. The fourth-order valence-corrected chi connectivity index (χ4v) is 2.52. The Hall–Kier alpha value is -0.400. The minimum Gasteiger partial charge on any atom is -0.493 e. The summed E-state index contributed by atoms with van der Waals surface area (Å²) in [7, 11) is 0. The lowest BCUT2D eigenvalue weighted by atomic mass is 10.1. The van der Waals surface area contributed by atoms with Gasteiger partial charge in [0.15, 0.2) is 0 Å². The quantitative estimate of drug-likeness (QED) is 0.664. The zero-order valence-corrected chi connectivity index (χ0v) is 12.2. The summed E-state index contributed by atoms with van der Waals surface area (Å²) < 4.78 is 5.84. The number of hydrogen-bond donors (Lipinski definition) is 0. The number of benzene rings is 1. The van der Waals surface area contributed by atoms with Gasteiger partial charge in [-0.2, -0.15) is 0 Å². The van der Waals surface area contributed by atoms with Crippen LogP contribution >= 0.6 is 23.2 Å². The SMILES string of the molecule is Cc1cc(Cl)cc(C)c1OCCC(C)CCCl. The number of halogens is 2. The predicted molar refractivity (Wildman–Crippen MR) is 75.5 cm³/mol. The lowest BCUT2D eigenvalue weighted by Gasteiger charge is -2.14. The molecule has 0 saturated carbocycles. The van der Waals surface area contributed by atoms with Gasteiger partial charge in [-0.25, -0.2) is 0 Å². The normalized spacial score (nSPS) is 12.5. The van der Waals surface area contributed by atoms with Crippen LogP contribution < -0.4 is 4.74 Å². The third-order valence-electron chi connectivity index (χ3n) is 2.88. The summed E-state index contributed by atoms with van der Waals surface area (Å²) >= 11 is 11.7. The number of alkyl halides is 1. The highest BCUT2D eigenvalue weighted by Crippen LogP contribution is 2.27. The molecule has 1 unspecified atom stereocenters. The van der Waals surface area contributed by atoms with Crippen molar-refractivity contribution in [3.8, 4) is 5.75 Å². The Bertz CT molecular complexity index is 340. The molecule has 0 fully saturated rings. The van der Waals surface area contributed by atoms with Gasteiger partial charge < -0.3 is 4.74 Å². The van der Waals surface area contributed by atoms with E-state index in [1.54, 1.807) is 0 Å². The van der Waals surface area contributed by atoms with Crippen LogP contribution in [0.5, 0.6) is 5.75 Å². The Morgan fingerprint density at radius 1 is 1.18 bits per heavy atom. The van der Waals surface area contributed by atoms with Gasteiger partial charge in [0, 0.05) is 10.9 Å². The molecule has 0 aromatic heterocycles. The van der Waals surface area contributed by atoms with Crippen molar-refractivity contribution in [1.82, 2.24) is 0 Å². The molecular weight excluding hydrogens is 255 g/mol. The van der Waals surface area contributed by atoms with Crippen molar-refractivity contribution in [2.75, 3.05) is 12.5 Å². The Labute approximate surface area is 114 Å². The van der Waals surface area contributed by atoms with Crippen LogP contribution in [0.3, 0.4) is 0 Å². The first-order valence-electron chi connectivity index (χ1n) is 6.00. The molecule has 0 aliphatic rings. The highest BCUT2D eigenvalue weighted by Gasteiger charge is 2.07. The number of aryl methyl sites for hydroxylation is 2. The summed E-state index contributed by atoms with van der Waals surface area (Å²) in [5.74, 6) is 2.30. The van der Waals surface area contributed by atoms with Crippen LogP contribution in [0.15, 0.2) is 12.1 Å². The molecule has 96 valence electrons. The molecule has 0 bridgehead atoms. The van der Waals surface area contributed by atoms with Crippen LogP contribution in [-0.4, -0.2) is 12.5 Å². The molecule has 0 heterocycles. The van der Waals surface area contributed by atoms with E-state index in [0.717, 1.165) is 47.2 Å². The van der Waals surface area contributed by atoms with Gasteiger partial charge in [-0.1, -0.05) is 18.5 Å². The molecule has 1 nitrogen and oxygen atoms in total. The zero-order valence-electron chi connectivity index (χ0n) is 10.7. The number of ether oxygens (including phenoxy) is 1. The second-order valence-electron chi connectivity index (χ2n) is 4.59. The Morgan fingerprint density at radius 3 is 2.29 bits per heavy atom. The summed E-state index contributed by atoms with van der Waals surface area (Å²) in [6, 6.07) is 3.87. The molecule has 1 aromatic carbocycles. The molecule has 17 heavy (non-hydrogen) atoms. The van der Waals surface area contributed by atoms with Gasteiger partial charge in [-0.3, -0.25) is 0 Å². The molecular formula is C14H20Cl2O. The third kappa shape index (κ3) is 4.77. The maximum absolute atomic E-state index is 5.98. The van der Waals surface area contributed by atoms with Crippen molar-refractivity contribution in [3.05, 3.63) is 28.3 Å². The van der Waals surface area contributed by atoms with E-state index >= 15 is 0 Å². The van der Waals surface area contributed by atoms with Crippen LogP contribution in [0.4, 0.5) is 0 Å². The molecule has 0 radical (unpaired) electrons. The monoisotopic (exact) mass is 274 g/mol. The molecule has 1 aromatic rings. The van der Waals surface area contributed by atoms with E-state index in [4.69, 9.17) is 27.9 Å². The summed E-state index contributed by atoms with van der Waals surface area (Å²) in [5.41, 5.74) is 2.19. The molecule has 0 aliphatic heterocycles. The Morgan fingerprint density at radius 2 is 1.76 bits per heavy atom. The van der Waals surface area contributed by atoms with Gasteiger partial charge in [0.1, 0.15) is 5.75 Å². The first kappa shape index (κ1) is 14.7. The van der Waals surface area contributed by atoms with E-state index in [1.807, 2.05) is 26.0 Å². The van der Waals surface area contributed by atoms with E-state index < -0.39 is 0 Å². The fraction of sp³-hybridized carbons (Fsp3) is 0.571.